The van der Waals surface area contributed by atoms with E-state index in [1.54, 1.807) is 0 Å². The number of alkyl halides is 3. The molecule has 146 valence electrons. The minimum absolute atomic E-state index is 0.0113. The van der Waals surface area contributed by atoms with Gasteiger partial charge in [-0.15, -0.1) is 0 Å². The molecule has 2 heterocycles. The Kier molecular flexibility index (Phi) is 7.11. The lowest BCUT2D eigenvalue weighted by molar-refractivity contribution is -0.137. The van der Waals surface area contributed by atoms with Gasteiger partial charge in [-0.2, -0.15) is 13.2 Å². The lowest BCUT2D eigenvalue weighted by Gasteiger charge is -2.24. The first kappa shape index (κ1) is 20.8. The number of halogens is 4. The molecule has 1 aromatic rings. The molecule has 5 nitrogen and oxygen atoms in total. The van der Waals surface area contributed by atoms with Crippen molar-refractivity contribution in [1.29, 1.82) is 0 Å². The fraction of sp³-hybridized carbons (Fsp3) is 0.647. The minimum atomic E-state index is -4.46. The summed E-state index contributed by atoms with van der Waals surface area (Å²) in [4.78, 5) is 19.9. The van der Waals surface area contributed by atoms with Crippen LogP contribution in [-0.4, -0.2) is 54.6 Å². The molecular weight excluding hydrogens is 369 g/mol. The van der Waals surface area contributed by atoms with Crippen LogP contribution in [-0.2, 0) is 11.0 Å². The van der Waals surface area contributed by atoms with Crippen molar-refractivity contribution in [2.24, 2.45) is 0 Å². The van der Waals surface area contributed by atoms with Crippen LogP contribution in [0.15, 0.2) is 12.3 Å². The summed E-state index contributed by atoms with van der Waals surface area (Å²) in [6.45, 7) is 6.81. The summed E-state index contributed by atoms with van der Waals surface area (Å²) >= 11 is 6.03. The van der Waals surface area contributed by atoms with Gasteiger partial charge < -0.3 is 10.2 Å². The number of carbonyl (C=O) groups excluding carboxylic acids is 1. The number of nitrogens with one attached hydrogen (secondary N) is 1. The van der Waals surface area contributed by atoms with Gasteiger partial charge in [-0.05, 0) is 25.8 Å². The first-order valence-electron chi connectivity index (χ1n) is 8.70. The molecule has 1 amide bonds. The third-order valence-electron chi connectivity index (χ3n) is 4.42. The zero-order chi connectivity index (χ0) is 19.3. The molecule has 26 heavy (non-hydrogen) atoms. The number of aromatic nitrogens is 1. The van der Waals surface area contributed by atoms with Crippen LogP contribution in [0, 0.1) is 0 Å². The lowest BCUT2D eigenvalue weighted by atomic mass is 10.2. The van der Waals surface area contributed by atoms with Crippen molar-refractivity contribution in [2.45, 2.75) is 38.9 Å². The summed E-state index contributed by atoms with van der Waals surface area (Å²) in [5.41, 5.74) is -0.857. The van der Waals surface area contributed by atoms with Crippen molar-refractivity contribution >= 4 is 23.3 Å². The first-order chi connectivity index (χ1) is 12.2. The molecule has 9 heteroatoms. The van der Waals surface area contributed by atoms with E-state index in [0.29, 0.717) is 32.0 Å². The Hall–Kier alpha value is -1.54. The Morgan fingerprint density at radius 1 is 1.35 bits per heavy atom. The topological polar surface area (TPSA) is 48.5 Å². The zero-order valence-corrected chi connectivity index (χ0v) is 15.7. The molecule has 1 fully saturated rings. The van der Waals surface area contributed by atoms with Crippen molar-refractivity contribution in [3.8, 4) is 0 Å². The van der Waals surface area contributed by atoms with Crippen molar-refractivity contribution in [2.75, 3.05) is 37.6 Å². The number of anilines is 1. The van der Waals surface area contributed by atoms with E-state index < -0.39 is 11.7 Å². The fourth-order valence-corrected chi connectivity index (χ4v) is 3.07. The third kappa shape index (κ3) is 5.74. The highest BCUT2D eigenvalue weighted by Gasteiger charge is 2.32. The predicted octanol–water partition coefficient (Wildman–Crippen LogP) is 3.18. The van der Waals surface area contributed by atoms with E-state index in [1.807, 2.05) is 23.6 Å². The second-order valence-corrected chi connectivity index (χ2v) is 6.93. The molecule has 1 atom stereocenters. The van der Waals surface area contributed by atoms with Crippen LogP contribution in [0.3, 0.4) is 0 Å². The Labute approximate surface area is 156 Å². The summed E-state index contributed by atoms with van der Waals surface area (Å²) in [6.07, 6.45) is -2.01. The lowest BCUT2D eigenvalue weighted by Crippen LogP contribution is -2.42. The summed E-state index contributed by atoms with van der Waals surface area (Å²) in [7, 11) is 0. The number of pyridine rings is 1. The summed E-state index contributed by atoms with van der Waals surface area (Å²) in [5, 5.41) is 2.92. The fourth-order valence-electron chi connectivity index (χ4n) is 2.78. The second-order valence-electron chi connectivity index (χ2n) is 6.52. The molecule has 1 aliphatic rings. The average molecular weight is 393 g/mol. The highest BCUT2D eigenvalue weighted by molar-refractivity contribution is 6.33. The van der Waals surface area contributed by atoms with E-state index >= 15 is 0 Å². The molecule has 2 rings (SSSR count). The summed E-state index contributed by atoms with van der Waals surface area (Å²) in [6, 6.07) is 1.05. The Bertz CT molecular complexity index is 627. The van der Waals surface area contributed by atoms with Crippen molar-refractivity contribution < 1.29 is 18.0 Å². The SMILES string of the molecule is CC[C@@H](C)NC(=O)CN1CCCN(c2ncc(C(F)(F)F)cc2Cl)CC1. The second kappa shape index (κ2) is 8.90. The van der Waals surface area contributed by atoms with Crippen LogP contribution in [0.1, 0.15) is 32.3 Å². The maximum Gasteiger partial charge on any atom is 0.417 e. The molecule has 0 aliphatic carbocycles. The van der Waals surface area contributed by atoms with Crippen LogP contribution in [0.4, 0.5) is 19.0 Å². The number of nitrogens with zero attached hydrogens (tertiary/aromatic N) is 3. The molecule has 0 radical (unpaired) electrons. The van der Waals surface area contributed by atoms with Crippen LogP contribution in [0.5, 0.6) is 0 Å². The average Bonchev–Trinajstić information content (AvgIpc) is 2.79. The minimum Gasteiger partial charge on any atom is -0.354 e. The Balaban J connectivity index is 1.97. The molecule has 1 N–H and O–H groups in total. The number of rotatable bonds is 5. The number of hydrogen-bond acceptors (Lipinski definition) is 4. The third-order valence-corrected chi connectivity index (χ3v) is 4.70. The molecule has 0 spiro atoms. The van der Waals surface area contributed by atoms with Gasteiger partial charge in [0.05, 0.1) is 17.1 Å². The van der Waals surface area contributed by atoms with Gasteiger partial charge in [0, 0.05) is 38.4 Å². The van der Waals surface area contributed by atoms with Crippen LogP contribution >= 0.6 is 11.6 Å². The Morgan fingerprint density at radius 3 is 2.69 bits per heavy atom. The van der Waals surface area contributed by atoms with E-state index in [1.165, 1.54) is 0 Å². The summed E-state index contributed by atoms with van der Waals surface area (Å²) < 4.78 is 38.2. The van der Waals surface area contributed by atoms with Gasteiger partial charge in [0.25, 0.3) is 0 Å². The first-order valence-corrected chi connectivity index (χ1v) is 9.08. The largest absolute Gasteiger partial charge is 0.417 e. The van der Waals surface area contributed by atoms with Gasteiger partial charge in [0.2, 0.25) is 5.91 Å². The van der Waals surface area contributed by atoms with E-state index in [-0.39, 0.29) is 17.0 Å². The van der Waals surface area contributed by atoms with E-state index in [9.17, 15) is 18.0 Å². The molecule has 0 bridgehead atoms. The van der Waals surface area contributed by atoms with Gasteiger partial charge in [0.15, 0.2) is 0 Å². The van der Waals surface area contributed by atoms with E-state index in [4.69, 9.17) is 11.6 Å². The van der Waals surface area contributed by atoms with Gasteiger partial charge in [0.1, 0.15) is 5.82 Å². The van der Waals surface area contributed by atoms with Crippen LogP contribution in [0.2, 0.25) is 5.02 Å². The van der Waals surface area contributed by atoms with Crippen molar-refractivity contribution in [1.82, 2.24) is 15.2 Å². The molecule has 1 aromatic heterocycles. The predicted molar refractivity (Wildman–Crippen MR) is 95.4 cm³/mol. The molecular formula is C17H24ClF3N4O. The normalized spacial score (nSPS) is 17.7. The Morgan fingerprint density at radius 2 is 2.08 bits per heavy atom. The molecule has 1 aliphatic heterocycles. The van der Waals surface area contributed by atoms with E-state index in [0.717, 1.165) is 31.6 Å². The smallest absolute Gasteiger partial charge is 0.354 e. The number of amides is 1. The summed E-state index contributed by atoms with van der Waals surface area (Å²) in [5.74, 6) is 0.337. The zero-order valence-electron chi connectivity index (χ0n) is 14.9. The van der Waals surface area contributed by atoms with Gasteiger partial charge in [-0.1, -0.05) is 18.5 Å². The van der Waals surface area contributed by atoms with E-state index in [2.05, 4.69) is 10.3 Å². The van der Waals surface area contributed by atoms with Crippen molar-refractivity contribution in [3.05, 3.63) is 22.8 Å². The molecule has 1 saturated heterocycles. The maximum absolute atomic E-state index is 12.7. The van der Waals surface area contributed by atoms with Gasteiger partial charge in [-0.3, -0.25) is 9.69 Å². The van der Waals surface area contributed by atoms with Crippen LogP contribution < -0.4 is 10.2 Å². The van der Waals surface area contributed by atoms with Crippen LogP contribution in [0.25, 0.3) is 0 Å². The van der Waals surface area contributed by atoms with Gasteiger partial charge >= 0.3 is 6.18 Å². The standard InChI is InChI=1S/C17H24ClF3N4O/c1-3-12(2)23-15(26)11-24-5-4-6-25(8-7-24)16-14(18)9-13(10-22-16)17(19,20)21/h9-10,12H,3-8,11H2,1-2H3,(H,23,26)/t12-/m1/s1. The number of hydrogen-bond donors (Lipinski definition) is 1. The quantitative estimate of drug-likeness (QED) is 0.836. The van der Waals surface area contributed by atoms with Gasteiger partial charge in [-0.25, -0.2) is 4.98 Å². The highest BCUT2D eigenvalue weighted by atomic mass is 35.5. The monoisotopic (exact) mass is 392 g/mol. The highest BCUT2D eigenvalue weighted by Crippen LogP contribution is 2.33. The molecule has 0 unspecified atom stereocenters. The maximum atomic E-state index is 12.7. The number of carbonyl (C=O) groups is 1. The van der Waals surface area contributed by atoms with Crippen molar-refractivity contribution in [3.63, 3.8) is 0 Å². The molecule has 0 saturated carbocycles. The molecule has 0 aromatic carbocycles.